The van der Waals surface area contributed by atoms with Crippen LogP contribution in [0.3, 0.4) is 0 Å². The summed E-state index contributed by atoms with van der Waals surface area (Å²) in [7, 11) is 0. The van der Waals surface area contributed by atoms with Crippen molar-refractivity contribution in [2.45, 2.75) is 13.5 Å². The summed E-state index contributed by atoms with van der Waals surface area (Å²) in [5, 5.41) is 2.63. The number of hydrogen-bond acceptors (Lipinski definition) is 3. The maximum Gasteiger partial charge on any atom is 0.138 e. The Morgan fingerprint density at radius 1 is 1.37 bits per heavy atom. The topological polar surface area (TPSA) is 35.2 Å². The Morgan fingerprint density at radius 3 is 3.00 bits per heavy atom. The van der Waals surface area contributed by atoms with E-state index in [4.69, 9.17) is 22.1 Å². The smallest absolute Gasteiger partial charge is 0.138 e. The van der Waals surface area contributed by atoms with Crippen LogP contribution in [0.2, 0.25) is 5.02 Å². The van der Waals surface area contributed by atoms with Gasteiger partial charge in [0.15, 0.2) is 0 Å². The van der Waals surface area contributed by atoms with Crippen LogP contribution in [0.1, 0.15) is 16.0 Å². The second kappa shape index (κ2) is 6.63. The lowest BCUT2D eigenvalue weighted by Crippen LogP contribution is -1.94. The highest BCUT2D eigenvalue weighted by atomic mass is 35.5. The molecule has 19 heavy (non-hydrogen) atoms. The molecule has 0 radical (unpaired) electrons. The average molecular weight is 292 g/mol. The highest BCUT2D eigenvalue weighted by Gasteiger charge is 2.04. The summed E-state index contributed by atoms with van der Waals surface area (Å²) in [5.74, 6) is 6.54. The van der Waals surface area contributed by atoms with Gasteiger partial charge in [-0.05, 0) is 30.7 Å². The van der Waals surface area contributed by atoms with Crippen molar-refractivity contribution in [1.29, 1.82) is 0 Å². The Labute approximate surface area is 122 Å². The van der Waals surface area contributed by atoms with Crippen molar-refractivity contribution in [2.75, 3.05) is 6.54 Å². The van der Waals surface area contributed by atoms with E-state index in [1.54, 1.807) is 11.3 Å². The standard InChI is InChI=1S/C15H14ClNOS/c1-11-4-5-14(16)15(7-11)18-9-13-8-12(10-19-13)3-2-6-17/h4-5,7-8,10H,6,9,17H2,1H3. The first-order chi connectivity index (χ1) is 9.19. The van der Waals surface area contributed by atoms with E-state index < -0.39 is 0 Å². The van der Waals surface area contributed by atoms with E-state index in [9.17, 15) is 0 Å². The third-order valence-corrected chi connectivity index (χ3v) is 3.67. The van der Waals surface area contributed by atoms with Crippen LogP contribution in [0.4, 0.5) is 0 Å². The van der Waals surface area contributed by atoms with Crippen LogP contribution in [0.15, 0.2) is 29.6 Å². The van der Waals surface area contributed by atoms with Crippen LogP contribution in [-0.4, -0.2) is 6.54 Å². The largest absolute Gasteiger partial charge is 0.486 e. The molecule has 0 unspecified atom stereocenters. The van der Waals surface area contributed by atoms with Gasteiger partial charge in [0.25, 0.3) is 0 Å². The van der Waals surface area contributed by atoms with E-state index in [0.29, 0.717) is 23.9 Å². The van der Waals surface area contributed by atoms with Gasteiger partial charge < -0.3 is 10.5 Å². The Morgan fingerprint density at radius 2 is 2.21 bits per heavy atom. The number of hydrogen-bond donors (Lipinski definition) is 1. The van der Waals surface area contributed by atoms with E-state index in [1.807, 2.05) is 36.6 Å². The minimum Gasteiger partial charge on any atom is -0.486 e. The number of halogens is 1. The summed E-state index contributed by atoms with van der Waals surface area (Å²) >= 11 is 7.70. The van der Waals surface area contributed by atoms with Crippen molar-refractivity contribution in [3.8, 4) is 17.6 Å². The molecular formula is C15H14ClNOS. The van der Waals surface area contributed by atoms with E-state index in [2.05, 4.69) is 11.8 Å². The summed E-state index contributed by atoms with van der Waals surface area (Å²) in [6.45, 7) is 2.88. The molecule has 0 amide bonds. The molecule has 0 bridgehead atoms. The molecule has 0 fully saturated rings. The Hall–Kier alpha value is -1.47. The maximum absolute atomic E-state index is 6.08. The minimum absolute atomic E-state index is 0.376. The van der Waals surface area contributed by atoms with E-state index in [0.717, 1.165) is 16.0 Å². The molecule has 2 nitrogen and oxygen atoms in total. The molecule has 4 heteroatoms. The molecule has 2 N–H and O–H groups in total. The average Bonchev–Trinajstić information content (AvgIpc) is 2.85. The summed E-state index contributed by atoms with van der Waals surface area (Å²) in [5.41, 5.74) is 7.44. The second-order valence-corrected chi connectivity index (χ2v) is 5.43. The molecule has 0 aliphatic rings. The van der Waals surface area contributed by atoms with Crippen molar-refractivity contribution >= 4 is 22.9 Å². The van der Waals surface area contributed by atoms with Gasteiger partial charge in [0.05, 0.1) is 11.6 Å². The summed E-state index contributed by atoms with van der Waals surface area (Å²) in [6, 6.07) is 7.75. The highest BCUT2D eigenvalue weighted by Crippen LogP contribution is 2.26. The van der Waals surface area contributed by atoms with Crippen molar-refractivity contribution in [3.05, 3.63) is 50.7 Å². The number of aryl methyl sites for hydroxylation is 1. The van der Waals surface area contributed by atoms with Crippen LogP contribution < -0.4 is 10.5 Å². The van der Waals surface area contributed by atoms with Crippen LogP contribution >= 0.6 is 22.9 Å². The van der Waals surface area contributed by atoms with E-state index in [-0.39, 0.29) is 0 Å². The van der Waals surface area contributed by atoms with Gasteiger partial charge in [-0.25, -0.2) is 0 Å². The number of thiophene rings is 1. The second-order valence-electron chi connectivity index (χ2n) is 4.03. The highest BCUT2D eigenvalue weighted by molar-refractivity contribution is 7.10. The zero-order chi connectivity index (χ0) is 13.7. The molecular weight excluding hydrogens is 278 g/mol. The summed E-state index contributed by atoms with van der Waals surface area (Å²) < 4.78 is 5.73. The van der Waals surface area contributed by atoms with Crippen LogP contribution in [-0.2, 0) is 6.61 Å². The molecule has 0 spiro atoms. The Kier molecular flexibility index (Phi) is 4.86. The molecule has 0 aliphatic carbocycles. The molecule has 0 atom stereocenters. The molecule has 1 heterocycles. The first-order valence-electron chi connectivity index (χ1n) is 5.84. The minimum atomic E-state index is 0.376. The molecule has 98 valence electrons. The fraction of sp³-hybridized carbons (Fsp3) is 0.200. The quantitative estimate of drug-likeness (QED) is 0.877. The molecule has 1 aromatic heterocycles. The van der Waals surface area contributed by atoms with Gasteiger partial charge in [0.2, 0.25) is 0 Å². The van der Waals surface area contributed by atoms with E-state index >= 15 is 0 Å². The fourth-order valence-corrected chi connectivity index (χ4v) is 2.44. The molecule has 0 saturated heterocycles. The number of rotatable bonds is 3. The monoisotopic (exact) mass is 291 g/mol. The van der Waals surface area contributed by atoms with Gasteiger partial charge in [-0.1, -0.05) is 29.5 Å². The van der Waals surface area contributed by atoms with Crippen LogP contribution in [0.25, 0.3) is 0 Å². The number of benzene rings is 1. The molecule has 0 aliphatic heterocycles. The van der Waals surface area contributed by atoms with Crippen LogP contribution in [0.5, 0.6) is 5.75 Å². The molecule has 0 saturated carbocycles. The SMILES string of the molecule is Cc1ccc(Cl)c(OCc2cc(C#CCN)cs2)c1. The van der Waals surface area contributed by atoms with Gasteiger partial charge in [-0.3, -0.25) is 0 Å². The third kappa shape index (κ3) is 4.00. The zero-order valence-corrected chi connectivity index (χ0v) is 12.1. The van der Waals surface area contributed by atoms with E-state index in [1.165, 1.54) is 0 Å². The zero-order valence-electron chi connectivity index (χ0n) is 10.6. The van der Waals surface area contributed by atoms with Gasteiger partial charge in [0.1, 0.15) is 12.4 Å². The third-order valence-electron chi connectivity index (χ3n) is 2.45. The van der Waals surface area contributed by atoms with Crippen molar-refractivity contribution in [3.63, 3.8) is 0 Å². The Bertz CT molecular complexity index is 625. The first-order valence-corrected chi connectivity index (χ1v) is 7.10. The molecule has 2 aromatic rings. The van der Waals surface area contributed by atoms with Gasteiger partial charge in [-0.15, -0.1) is 11.3 Å². The molecule has 2 rings (SSSR count). The lowest BCUT2D eigenvalue weighted by Gasteiger charge is -2.07. The fourth-order valence-electron chi connectivity index (χ4n) is 1.55. The summed E-state index contributed by atoms with van der Waals surface area (Å²) in [6.07, 6.45) is 0. The lowest BCUT2D eigenvalue weighted by atomic mass is 10.2. The predicted octanol–water partition coefficient (Wildman–Crippen LogP) is 3.60. The van der Waals surface area contributed by atoms with Crippen molar-refractivity contribution < 1.29 is 4.74 Å². The van der Waals surface area contributed by atoms with Gasteiger partial charge >= 0.3 is 0 Å². The Balaban J connectivity index is 2.02. The van der Waals surface area contributed by atoms with Crippen LogP contribution in [0, 0.1) is 18.8 Å². The number of nitrogens with two attached hydrogens (primary N) is 1. The molecule has 1 aromatic carbocycles. The lowest BCUT2D eigenvalue weighted by molar-refractivity contribution is 0.310. The normalized spacial score (nSPS) is 9.84. The van der Waals surface area contributed by atoms with Crippen molar-refractivity contribution in [2.24, 2.45) is 5.73 Å². The number of ether oxygens (including phenoxy) is 1. The van der Waals surface area contributed by atoms with Gasteiger partial charge in [-0.2, -0.15) is 0 Å². The van der Waals surface area contributed by atoms with Gasteiger partial charge in [0, 0.05) is 15.8 Å². The summed E-state index contributed by atoms with van der Waals surface area (Å²) in [4.78, 5) is 1.11. The maximum atomic E-state index is 6.08. The first kappa shape index (κ1) is 14.0. The van der Waals surface area contributed by atoms with Crippen molar-refractivity contribution in [1.82, 2.24) is 0 Å². The predicted molar refractivity (Wildman–Crippen MR) is 80.8 cm³/mol.